The summed E-state index contributed by atoms with van der Waals surface area (Å²) in [5, 5.41) is 10.5. The average Bonchev–Trinajstić information content (AvgIpc) is 2.98. The van der Waals surface area contributed by atoms with E-state index in [1.165, 1.54) is 29.6 Å². The second-order valence-electron chi connectivity index (χ2n) is 12.0. The first-order valence-corrected chi connectivity index (χ1v) is 15.6. The van der Waals surface area contributed by atoms with Crippen molar-refractivity contribution in [2.24, 2.45) is 17.1 Å². The van der Waals surface area contributed by atoms with Crippen molar-refractivity contribution in [3.8, 4) is 0 Å². The van der Waals surface area contributed by atoms with Crippen molar-refractivity contribution in [3.05, 3.63) is 115 Å². The van der Waals surface area contributed by atoms with E-state index in [0.717, 1.165) is 37.4 Å². The molecule has 4 nitrogen and oxygen atoms in total. The summed E-state index contributed by atoms with van der Waals surface area (Å²) < 4.78 is 0. The molecule has 1 aliphatic carbocycles. The lowest BCUT2D eigenvalue weighted by molar-refractivity contribution is 0.116. The summed E-state index contributed by atoms with van der Waals surface area (Å²) in [6.45, 7) is 29.7. The molecule has 1 unspecified atom stereocenters. The van der Waals surface area contributed by atoms with Crippen molar-refractivity contribution in [1.29, 1.82) is 0 Å². The highest BCUT2D eigenvalue weighted by Gasteiger charge is 2.32. The lowest BCUT2D eigenvalue weighted by Crippen LogP contribution is -2.45. The van der Waals surface area contributed by atoms with Gasteiger partial charge in [0.25, 0.3) is 0 Å². The average molecular weight is 574 g/mol. The minimum absolute atomic E-state index is 0.221. The number of allylic oxidation sites excluding steroid dienone is 6. The van der Waals surface area contributed by atoms with Gasteiger partial charge in [0.1, 0.15) is 0 Å². The number of aryl methyl sites for hydroxylation is 1. The fraction of sp³-hybridized carbons (Fsp3) is 0.474. The number of nitrogens with two attached hydrogens (primary N) is 1. The molecule has 0 aromatic heterocycles. The zero-order valence-corrected chi connectivity index (χ0v) is 27.7. The lowest BCUT2D eigenvalue weighted by Gasteiger charge is -2.40. The van der Waals surface area contributed by atoms with E-state index < -0.39 is 5.60 Å². The topological polar surface area (TPSA) is 52.7 Å². The Morgan fingerprint density at radius 2 is 1.79 bits per heavy atom. The van der Waals surface area contributed by atoms with E-state index in [2.05, 4.69) is 120 Å². The van der Waals surface area contributed by atoms with Gasteiger partial charge in [-0.3, -0.25) is 0 Å². The monoisotopic (exact) mass is 573 g/mol. The molecule has 0 amide bonds. The van der Waals surface area contributed by atoms with Crippen LogP contribution in [0.5, 0.6) is 0 Å². The maximum atomic E-state index is 10.5. The van der Waals surface area contributed by atoms with Crippen LogP contribution in [0.3, 0.4) is 0 Å². The van der Waals surface area contributed by atoms with Gasteiger partial charge in [0, 0.05) is 30.7 Å². The molecule has 1 aromatic carbocycles. The lowest BCUT2D eigenvalue weighted by atomic mass is 9.76. The van der Waals surface area contributed by atoms with Crippen LogP contribution in [0.25, 0.3) is 0 Å². The molecule has 0 spiro atoms. The van der Waals surface area contributed by atoms with Crippen LogP contribution < -0.4 is 10.6 Å². The predicted molar refractivity (Wildman–Crippen MR) is 187 cm³/mol. The maximum Gasteiger partial charge on any atom is 0.0971 e. The van der Waals surface area contributed by atoms with E-state index in [-0.39, 0.29) is 5.41 Å². The zero-order chi connectivity index (χ0) is 31.8. The molecular formula is C38H59N3O. The summed E-state index contributed by atoms with van der Waals surface area (Å²) in [4.78, 5) is 4.50. The number of aliphatic hydroxyl groups is 1. The van der Waals surface area contributed by atoms with Gasteiger partial charge in [0.2, 0.25) is 0 Å². The van der Waals surface area contributed by atoms with Crippen molar-refractivity contribution in [3.63, 3.8) is 0 Å². The first-order chi connectivity index (χ1) is 19.9. The molecule has 2 rings (SSSR count). The number of benzene rings is 1. The maximum absolute atomic E-state index is 10.5. The second kappa shape index (κ2) is 18.3. The first-order valence-electron chi connectivity index (χ1n) is 15.6. The van der Waals surface area contributed by atoms with Crippen LogP contribution in [-0.4, -0.2) is 41.8 Å². The third-order valence-electron chi connectivity index (χ3n) is 8.04. The smallest absolute Gasteiger partial charge is 0.0971 e. The van der Waals surface area contributed by atoms with E-state index in [0.29, 0.717) is 19.0 Å². The molecule has 1 atom stereocenters. The van der Waals surface area contributed by atoms with Gasteiger partial charge < -0.3 is 20.6 Å². The summed E-state index contributed by atoms with van der Waals surface area (Å²) in [6, 6.07) is 8.32. The number of hydrogen-bond acceptors (Lipinski definition) is 4. The summed E-state index contributed by atoms with van der Waals surface area (Å²) in [5.41, 5.74) is 10.1. The van der Waals surface area contributed by atoms with Crippen LogP contribution in [0.1, 0.15) is 72.8 Å². The molecule has 232 valence electrons. The minimum Gasteiger partial charge on any atom is -0.386 e. The van der Waals surface area contributed by atoms with Crippen LogP contribution in [0.15, 0.2) is 110 Å². The Hall–Kier alpha value is -3.24. The van der Waals surface area contributed by atoms with Gasteiger partial charge in [-0.05, 0) is 75.3 Å². The van der Waals surface area contributed by atoms with Crippen molar-refractivity contribution in [2.75, 3.05) is 31.1 Å². The largest absolute Gasteiger partial charge is 0.386 e. The molecule has 1 aliphatic rings. The van der Waals surface area contributed by atoms with Crippen molar-refractivity contribution in [2.45, 2.75) is 79.8 Å². The molecule has 0 heterocycles. The van der Waals surface area contributed by atoms with E-state index in [1.807, 2.05) is 18.2 Å². The van der Waals surface area contributed by atoms with Crippen molar-refractivity contribution in [1.82, 2.24) is 4.90 Å². The molecule has 42 heavy (non-hydrogen) atoms. The van der Waals surface area contributed by atoms with E-state index in [4.69, 9.17) is 5.73 Å². The molecule has 3 N–H and O–H groups in total. The van der Waals surface area contributed by atoms with Gasteiger partial charge in [-0.2, -0.15) is 0 Å². The molecule has 0 saturated heterocycles. The molecule has 0 saturated carbocycles. The SMILES string of the molecule is C=CC(C)(O)CN(CC(C=C)(C=C)C(C)C)c1cccc(C)c1.CC/C=C(\N)N(CCCC)CC(C)=C1C=CC=CC1. The first kappa shape index (κ1) is 36.8. The number of anilines is 1. The Bertz CT molecular complexity index is 1110. The fourth-order valence-corrected chi connectivity index (χ4v) is 4.92. The molecule has 0 fully saturated rings. The van der Waals surface area contributed by atoms with E-state index >= 15 is 0 Å². The Labute approximate surface area is 258 Å². The highest BCUT2D eigenvalue weighted by atomic mass is 16.3. The van der Waals surface area contributed by atoms with Gasteiger partial charge >= 0.3 is 0 Å². The molecule has 0 aliphatic heterocycles. The molecule has 0 bridgehead atoms. The highest BCUT2D eigenvalue weighted by Crippen LogP contribution is 2.34. The fourth-order valence-electron chi connectivity index (χ4n) is 4.92. The standard InChI is InChI=1S/C21H31NO.C17H28N2/c1-8-20(7,23)15-22(19-13-11-12-18(6)14-19)16-21(9-2,10-3)17(4)5;1-4-6-13-19(17(18)10-5-2)14-15(3)16-11-8-7-9-12-16/h8-14,17,23H,1-3,15-16H2,4-7H3;7-11H,4-6,12-14,18H2,1-3H3/b;16-15?,17-10+. The summed E-state index contributed by atoms with van der Waals surface area (Å²) in [6.07, 6.45) is 20.7. The summed E-state index contributed by atoms with van der Waals surface area (Å²) >= 11 is 0. The Morgan fingerprint density at radius 1 is 1.10 bits per heavy atom. The van der Waals surface area contributed by atoms with Crippen LogP contribution >= 0.6 is 0 Å². The van der Waals surface area contributed by atoms with Gasteiger partial charge in [-0.1, -0.05) is 94.4 Å². The Morgan fingerprint density at radius 3 is 2.29 bits per heavy atom. The quantitative estimate of drug-likeness (QED) is 0.194. The Kier molecular flexibility index (Phi) is 16.1. The predicted octanol–water partition coefficient (Wildman–Crippen LogP) is 8.88. The number of unbranched alkanes of at least 4 members (excludes halogenated alkanes) is 1. The zero-order valence-electron chi connectivity index (χ0n) is 27.7. The van der Waals surface area contributed by atoms with Gasteiger partial charge in [-0.15, -0.1) is 19.7 Å². The summed E-state index contributed by atoms with van der Waals surface area (Å²) in [5.74, 6) is 1.28. The van der Waals surface area contributed by atoms with Gasteiger partial charge in [0.15, 0.2) is 0 Å². The Balaban J connectivity index is 0.000000428. The van der Waals surface area contributed by atoms with Crippen LogP contribution in [-0.2, 0) is 0 Å². The number of nitrogens with zero attached hydrogens (tertiary/aromatic N) is 2. The van der Waals surface area contributed by atoms with E-state index in [1.54, 1.807) is 13.0 Å². The number of rotatable bonds is 16. The van der Waals surface area contributed by atoms with Gasteiger partial charge in [-0.25, -0.2) is 0 Å². The van der Waals surface area contributed by atoms with Crippen LogP contribution in [0.4, 0.5) is 5.69 Å². The highest BCUT2D eigenvalue weighted by molar-refractivity contribution is 5.50. The minimum atomic E-state index is -0.963. The van der Waals surface area contributed by atoms with Crippen LogP contribution in [0.2, 0.25) is 0 Å². The molecule has 1 aromatic rings. The van der Waals surface area contributed by atoms with Crippen molar-refractivity contribution < 1.29 is 5.11 Å². The van der Waals surface area contributed by atoms with Crippen molar-refractivity contribution >= 4 is 5.69 Å². The number of hydrogen-bond donors (Lipinski definition) is 2. The third kappa shape index (κ3) is 11.9. The normalized spacial score (nSPS) is 15.8. The van der Waals surface area contributed by atoms with E-state index in [9.17, 15) is 5.11 Å². The summed E-state index contributed by atoms with van der Waals surface area (Å²) in [7, 11) is 0. The second-order valence-corrected chi connectivity index (χ2v) is 12.0. The van der Waals surface area contributed by atoms with Crippen LogP contribution in [0, 0.1) is 18.3 Å². The van der Waals surface area contributed by atoms with Gasteiger partial charge in [0.05, 0.1) is 18.0 Å². The molecule has 0 radical (unpaired) electrons. The third-order valence-corrected chi connectivity index (χ3v) is 8.04. The molecule has 4 heteroatoms. The molecular weight excluding hydrogens is 514 g/mol.